The first-order chi connectivity index (χ1) is 35.0. The lowest BCUT2D eigenvalue weighted by Crippen LogP contribution is -2.30. The molecule has 1 atom stereocenters. The molecule has 6 heteroatoms. The molecule has 71 heavy (non-hydrogen) atoms. The van der Waals surface area contributed by atoms with Crippen LogP contribution in [0.2, 0.25) is 0 Å². The lowest BCUT2D eigenvalue weighted by molar-refractivity contribution is -0.167. The summed E-state index contributed by atoms with van der Waals surface area (Å²) < 4.78 is 16.9. The zero-order chi connectivity index (χ0) is 51.4. The normalized spacial score (nSPS) is 12.7. The molecule has 6 nitrogen and oxygen atoms in total. The van der Waals surface area contributed by atoms with Gasteiger partial charge in [-0.3, -0.25) is 14.4 Å². The molecule has 0 rings (SSSR count). The van der Waals surface area contributed by atoms with Crippen LogP contribution in [0, 0.1) is 0 Å². The molecule has 0 heterocycles. The molecule has 0 saturated heterocycles. The maximum Gasteiger partial charge on any atom is 0.306 e. The number of ether oxygens (including phenoxy) is 3. The van der Waals surface area contributed by atoms with Gasteiger partial charge in [-0.2, -0.15) is 0 Å². The van der Waals surface area contributed by atoms with Crippen LogP contribution in [-0.2, 0) is 28.6 Å². The minimum atomic E-state index is -0.789. The number of carbonyl (C=O) groups excluding carboxylic acids is 3. The van der Waals surface area contributed by atoms with Crippen molar-refractivity contribution in [2.75, 3.05) is 13.2 Å². The summed E-state index contributed by atoms with van der Waals surface area (Å²) in [6.07, 6.45) is 77.1. The van der Waals surface area contributed by atoms with Crippen molar-refractivity contribution in [3.05, 3.63) is 85.1 Å². The van der Waals surface area contributed by atoms with Crippen LogP contribution >= 0.6 is 0 Å². The first-order valence-corrected chi connectivity index (χ1v) is 30.1. The quantitative estimate of drug-likeness (QED) is 0.0261. The van der Waals surface area contributed by atoms with Crippen molar-refractivity contribution in [3.63, 3.8) is 0 Å². The Morgan fingerprint density at radius 3 is 0.915 bits per heavy atom. The van der Waals surface area contributed by atoms with E-state index in [2.05, 4.69) is 106 Å². The fraction of sp³-hybridized carbons (Fsp3) is 0.738. The molecule has 0 fully saturated rings. The van der Waals surface area contributed by atoms with Crippen molar-refractivity contribution < 1.29 is 28.6 Å². The predicted molar refractivity (Wildman–Crippen MR) is 307 cm³/mol. The molecule has 1 unspecified atom stereocenters. The third-order valence-corrected chi connectivity index (χ3v) is 12.9. The highest BCUT2D eigenvalue weighted by Crippen LogP contribution is 2.15. The fourth-order valence-corrected chi connectivity index (χ4v) is 8.33. The Kier molecular flexibility index (Phi) is 56.3. The first kappa shape index (κ1) is 67.6. The van der Waals surface area contributed by atoms with Gasteiger partial charge in [0.2, 0.25) is 0 Å². The van der Waals surface area contributed by atoms with E-state index in [1.807, 2.05) is 0 Å². The third-order valence-electron chi connectivity index (χ3n) is 12.9. The smallest absolute Gasteiger partial charge is 0.306 e. The number of unbranched alkanes of at least 4 members (excludes halogenated alkanes) is 29. The molecule has 0 aromatic rings. The topological polar surface area (TPSA) is 78.9 Å². The van der Waals surface area contributed by atoms with Gasteiger partial charge in [-0.25, -0.2) is 0 Å². The minimum absolute atomic E-state index is 0.0866. The second kappa shape index (κ2) is 59.2. The second-order valence-corrected chi connectivity index (χ2v) is 19.9. The number of hydrogen-bond donors (Lipinski definition) is 0. The highest BCUT2D eigenvalue weighted by molar-refractivity contribution is 5.71. The molecule has 0 saturated carbocycles. The summed E-state index contributed by atoms with van der Waals surface area (Å²) in [5, 5.41) is 0. The van der Waals surface area contributed by atoms with Crippen LogP contribution in [0.25, 0.3) is 0 Å². The Bertz CT molecular complexity index is 1370. The number of carbonyl (C=O) groups is 3. The first-order valence-electron chi connectivity index (χ1n) is 30.1. The minimum Gasteiger partial charge on any atom is -0.462 e. The van der Waals surface area contributed by atoms with Gasteiger partial charge in [0.1, 0.15) is 13.2 Å². The van der Waals surface area contributed by atoms with Crippen molar-refractivity contribution >= 4 is 17.9 Å². The summed E-state index contributed by atoms with van der Waals surface area (Å²) in [7, 11) is 0. The largest absolute Gasteiger partial charge is 0.462 e. The third kappa shape index (κ3) is 57.4. The van der Waals surface area contributed by atoms with Gasteiger partial charge in [-0.1, -0.05) is 247 Å². The molecule has 408 valence electrons. The van der Waals surface area contributed by atoms with E-state index in [1.54, 1.807) is 0 Å². The highest BCUT2D eigenvalue weighted by Gasteiger charge is 2.19. The molecule has 0 bridgehead atoms. The van der Waals surface area contributed by atoms with Crippen molar-refractivity contribution in [1.29, 1.82) is 0 Å². The van der Waals surface area contributed by atoms with E-state index < -0.39 is 6.10 Å². The van der Waals surface area contributed by atoms with Crippen LogP contribution in [0.15, 0.2) is 85.1 Å². The molecule has 0 spiro atoms. The predicted octanol–water partition coefficient (Wildman–Crippen LogP) is 20.3. The van der Waals surface area contributed by atoms with Crippen molar-refractivity contribution in [3.8, 4) is 0 Å². The SMILES string of the molecule is CC/C=C\C/C=C\C/C=C\C/C=C\CCCCCCCCCCC(=O)OCC(COC(=O)CCCCCCC/C=C\C/C=C\CCCC)OC(=O)CCCCCCCCC/C=C\CCCCCCCCC. The van der Waals surface area contributed by atoms with Gasteiger partial charge in [-0.15, -0.1) is 0 Å². The van der Waals surface area contributed by atoms with Crippen LogP contribution in [0.5, 0.6) is 0 Å². The summed E-state index contributed by atoms with van der Waals surface area (Å²) in [5.74, 6) is -0.904. The Morgan fingerprint density at radius 2 is 0.563 bits per heavy atom. The van der Waals surface area contributed by atoms with E-state index >= 15 is 0 Å². The number of hydrogen-bond acceptors (Lipinski definition) is 6. The van der Waals surface area contributed by atoms with Gasteiger partial charge in [0.15, 0.2) is 6.10 Å². The fourth-order valence-electron chi connectivity index (χ4n) is 8.33. The number of allylic oxidation sites excluding steroid dienone is 14. The van der Waals surface area contributed by atoms with Crippen molar-refractivity contribution in [2.24, 2.45) is 0 Å². The van der Waals surface area contributed by atoms with Crippen molar-refractivity contribution in [1.82, 2.24) is 0 Å². The Balaban J connectivity index is 4.39. The van der Waals surface area contributed by atoms with Gasteiger partial charge in [0.25, 0.3) is 0 Å². The van der Waals surface area contributed by atoms with Gasteiger partial charge in [-0.05, 0) is 109 Å². The molecule has 0 amide bonds. The monoisotopic (exact) mass is 989 g/mol. The van der Waals surface area contributed by atoms with Gasteiger partial charge in [0.05, 0.1) is 0 Å². The van der Waals surface area contributed by atoms with E-state index in [9.17, 15) is 14.4 Å². The molecule has 0 aliphatic heterocycles. The number of rotatable bonds is 54. The standard InChI is InChI=1S/C65H112O6/c1-4-7-10-13-16-19-22-25-28-30-32-33-34-36-37-40-43-46-49-52-55-58-64(67)70-61-62(60-69-63(66)57-54-51-48-45-42-39-27-24-21-18-15-12-9-6-3)71-65(68)59-56-53-50-47-44-41-38-35-31-29-26-23-20-17-14-11-8-5-2/h7,10,15-16,18-19,24-25,27-29,31-33,62H,4-6,8-9,11-14,17,20-23,26,30,34-61H2,1-3H3/b10-7-,18-15-,19-16-,27-24-,28-25-,31-29-,33-32-. The zero-order valence-corrected chi connectivity index (χ0v) is 46.7. The van der Waals surface area contributed by atoms with Crippen molar-refractivity contribution in [2.45, 2.75) is 297 Å². The van der Waals surface area contributed by atoms with E-state index in [0.717, 1.165) is 109 Å². The molecule has 0 aliphatic carbocycles. The molecule has 0 aromatic carbocycles. The lowest BCUT2D eigenvalue weighted by atomic mass is 10.1. The molecular formula is C65H112O6. The zero-order valence-electron chi connectivity index (χ0n) is 46.7. The molecule has 0 aromatic heterocycles. The average molecular weight is 990 g/mol. The second-order valence-electron chi connectivity index (χ2n) is 19.9. The van der Waals surface area contributed by atoms with Gasteiger partial charge < -0.3 is 14.2 Å². The van der Waals surface area contributed by atoms with Crippen LogP contribution in [0.4, 0.5) is 0 Å². The van der Waals surface area contributed by atoms with E-state index in [-0.39, 0.29) is 31.1 Å². The summed E-state index contributed by atoms with van der Waals surface area (Å²) in [6, 6.07) is 0. The summed E-state index contributed by atoms with van der Waals surface area (Å²) in [6.45, 7) is 6.48. The summed E-state index contributed by atoms with van der Waals surface area (Å²) >= 11 is 0. The van der Waals surface area contributed by atoms with Gasteiger partial charge >= 0.3 is 17.9 Å². The maximum absolute atomic E-state index is 12.9. The van der Waals surface area contributed by atoms with E-state index in [0.29, 0.717) is 19.3 Å². The highest BCUT2D eigenvalue weighted by atomic mass is 16.6. The van der Waals surface area contributed by atoms with Crippen LogP contribution in [-0.4, -0.2) is 37.2 Å². The molecule has 0 aliphatic rings. The Hall–Kier alpha value is -3.41. The van der Waals surface area contributed by atoms with Gasteiger partial charge in [0, 0.05) is 19.3 Å². The molecular weight excluding hydrogens is 877 g/mol. The molecule has 0 N–H and O–H groups in total. The maximum atomic E-state index is 12.9. The van der Waals surface area contributed by atoms with Crippen LogP contribution in [0.1, 0.15) is 290 Å². The summed E-state index contributed by atoms with van der Waals surface area (Å²) in [4.78, 5) is 38.2. The van der Waals surface area contributed by atoms with E-state index in [4.69, 9.17) is 14.2 Å². The van der Waals surface area contributed by atoms with Crippen LogP contribution < -0.4 is 0 Å². The van der Waals surface area contributed by atoms with E-state index in [1.165, 1.54) is 141 Å². The molecule has 0 radical (unpaired) electrons. The lowest BCUT2D eigenvalue weighted by Gasteiger charge is -2.18. The summed E-state index contributed by atoms with van der Waals surface area (Å²) in [5.41, 5.74) is 0. The Labute approximate surface area is 439 Å². The van der Waals surface area contributed by atoms with Crippen LogP contribution in [0.3, 0.4) is 0 Å². The average Bonchev–Trinajstić information content (AvgIpc) is 3.37. The number of esters is 3. The Morgan fingerprint density at radius 1 is 0.296 bits per heavy atom.